The van der Waals surface area contributed by atoms with Crippen LogP contribution in [0.4, 0.5) is 5.82 Å². The summed E-state index contributed by atoms with van der Waals surface area (Å²) < 4.78 is 11.9. The molecule has 0 saturated heterocycles. The summed E-state index contributed by atoms with van der Waals surface area (Å²) >= 11 is 5.89. The first kappa shape index (κ1) is 16.1. The highest BCUT2D eigenvalue weighted by Gasteiger charge is 2.19. The van der Waals surface area contributed by atoms with Gasteiger partial charge >= 0.3 is 0 Å². The Morgan fingerprint density at radius 2 is 1.81 bits per heavy atom. The number of benzene rings is 2. The van der Waals surface area contributed by atoms with Gasteiger partial charge in [-0.15, -0.1) is 5.10 Å². The quantitative estimate of drug-likeness (QED) is 0.589. The van der Waals surface area contributed by atoms with E-state index in [0.29, 0.717) is 22.4 Å². The van der Waals surface area contributed by atoms with Gasteiger partial charge in [0.05, 0.1) is 12.8 Å². The van der Waals surface area contributed by atoms with E-state index in [0.717, 1.165) is 17.0 Å². The summed E-state index contributed by atoms with van der Waals surface area (Å²) in [4.78, 5) is 4.34. The predicted molar refractivity (Wildman–Crippen MR) is 96.1 cm³/mol. The lowest BCUT2D eigenvalue weighted by Gasteiger charge is -2.04. The van der Waals surface area contributed by atoms with E-state index in [4.69, 9.17) is 26.6 Å². The molecule has 0 aliphatic carbocycles. The zero-order chi connectivity index (χ0) is 18.1. The van der Waals surface area contributed by atoms with Crippen LogP contribution in [-0.2, 0) is 0 Å². The molecular weight excluding hydrogens is 356 g/mol. The molecule has 4 aromatic rings. The van der Waals surface area contributed by atoms with Crippen LogP contribution in [0.5, 0.6) is 5.75 Å². The largest absolute Gasteiger partial charge is 0.497 e. The molecule has 0 amide bonds. The standard InChI is InChI=1S/C17H13ClN6O2/c1-25-13-8-6-12(7-9-13)24-15(19)14(21-23-24)17-20-16(22-26-17)10-2-4-11(18)5-3-10/h2-9H,19H2,1H3. The number of nitrogens with zero attached hydrogens (tertiary/aromatic N) is 5. The Bertz CT molecular complexity index is 1040. The highest BCUT2D eigenvalue weighted by Crippen LogP contribution is 2.27. The predicted octanol–water partition coefficient (Wildman–Crippen LogP) is 3.23. The molecule has 0 unspecified atom stereocenters. The maximum Gasteiger partial charge on any atom is 0.282 e. The van der Waals surface area contributed by atoms with Crippen LogP contribution in [0.1, 0.15) is 0 Å². The minimum absolute atomic E-state index is 0.187. The zero-order valence-electron chi connectivity index (χ0n) is 13.6. The van der Waals surface area contributed by atoms with E-state index in [1.54, 1.807) is 31.4 Å². The summed E-state index contributed by atoms with van der Waals surface area (Å²) in [5, 5.41) is 12.7. The number of ether oxygens (including phenoxy) is 1. The van der Waals surface area contributed by atoms with Gasteiger partial charge in [0.15, 0.2) is 11.5 Å². The molecule has 2 heterocycles. The molecule has 0 radical (unpaired) electrons. The average molecular weight is 369 g/mol. The van der Waals surface area contributed by atoms with Crippen molar-refractivity contribution in [3.8, 4) is 34.4 Å². The van der Waals surface area contributed by atoms with Gasteiger partial charge < -0.3 is 15.0 Å². The van der Waals surface area contributed by atoms with E-state index >= 15 is 0 Å². The van der Waals surface area contributed by atoms with Gasteiger partial charge in [-0.1, -0.05) is 22.0 Å². The Balaban J connectivity index is 1.67. The molecule has 0 spiro atoms. The lowest BCUT2D eigenvalue weighted by molar-refractivity contribution is 0.414. The Morgan fingerprint density at radius 1 is 1.08 bits per heavy atom. The Hall–Kier alpha value is -3.39. The third-order valence-electron chi connectivity index (χ3n) is 3.75. The van der Waals surface area contributed by atoms with Gasteiger partial charge in [-0.2, -0.15) is 9.67 Å². The fourth-order valence-electron chi connectivity index (χ4n) is 2.39. The van der Waals surface area contributed by atoms with Gasteiger partial charge in [0.2, 0.25) is 5.82 Å². The number of aromatic nitrogens is 5. The first-order valence-corrected chi connectivity index (χ1v) is 7.99. The Labute approximate surface area is 153 Å². The Kier molecular flexibility index (Phi) is 4.02. The summed E-state index contributed by atoms with van der Waals surface area (Å²) in [7, 11) is 1.60. The molecule has 4 rings (SSSR count). The van der Waals surface area contributed by atoms with Gasteiger partial charge in [0.25, 0.3) is 5.89 Å². The van der Waals surface area contributed by atoms with Crippen LogP contribution in [0.2, 0.25) is 5.02 Å². The van der Waals surface area contributed by atoms with Crippen molar-refractivity contribution in [2.45, 2.75) is 0 Å². The van der Waals surface area contributed by atoms with Crippen LogP contribution in [0.25, 0.3) is 28.7 Å². The first-order chi connectivity index (χ1) is 12.7. The molecule has 0 aliphatic heterocycles. The molecule has 0 aliphatic rings. The number of nitrogens with two attached hydrogens (primary N) is 1. The average Bonchev–Trinajstić information content (AvgIpc) is 3.29. The maximum absolute atomic E-state index is 6.17. The van der Waals surface area contributed by atoms with Crippen molar-refractivity contribution in [1.29, 1.82) is 0 Å². The molecular formula is C17H13ClN6O2. The number of halogens is 1. The van der Waals surface area contributed by atoms with Gasteiger partial charge in [0.1, 0.15) is 5.75 Å². The van der Waals surface area contributed by atoms with Crippen LogP contribution >= 0.6 is 11.6 Å². The second-order valence-electron chi connectivity index (χ2n) is 5.36. The van der Waals surface area contributed by atoms with Crippen molar-refractivity contribution in [3.63, 3.8) is 0 Å². The van der Waals surface area contributed by atoms with Gasteiger partial charge in [0, 0.05) is 10.6 Å². The summed E-state index contributed by atoms with van der Waals surface area (Å²) in [5.74, 6) is 1.63. The van der Waals surface area contributed by atoms with Crippen LogP contribution in [-0.4, -0.2) is 32.2 Å². The third-order valence-corrected chi connectivity index (χ3v) is 4.00. The van der Waals surface area contributed by atoms with Crippen molar-refractivity contribution >= 4 is 17.4 Å². The Morgan fingerprint density at radius 3 is 2.50 bits per heavy atom. The summed E-state index contributed by atoms with van der Waals surface area (Å²) in [6.07, 6.45) is 0. The van der Waals surface area contributed by atoms with Crippen molar-refractivity contribution < 1.29 is 9.26 Å². The second kappa shape index (κ2) is 6.49. The number of rotatable bonds is 4. The van der Waals surface area contributed by atoms with Crippen molar-refractivity contribution in [2.75, 3.05) is 12.8 Å². The molecule has 0 atom stereocenters. The maximum atomic E-state index is 6.17. The van der Waals surface area contributed by atoms with E-state index < -0.39 is 0 Å². The van der Waals surface area contributed by atoms with Crippen molar-refractivity contribution in [1.82, 2.24) is 25.1 Å². The highest BCUT2D eigenvalue weighted by atomic mass is 35.5. The normalized spacial score (nSPS) is 10.8. The number of nitrogen functional groups attached to an aromatic ring is 1. The second-order valence-corrected chi connectivity index (χ2v) is 5.80. The molecule has 26 heavy (non-hydrogen) atoms. The molecule has 130 valence electrons. The van der Waals surface area contributed by atoms with E-state index in [2.05, 4.69) is 20.5 Å². The monoisotopic (exact) mass is 368 g/mol. The minimum atomic E-state index is 0.187. The summed E-state index contributed by atoms with van der Waals surface area (Å²) in [6, 6.07) is 14.4. The molecule has 2 aromatic carbocycles. The van der Waals surface area contributed by atoms with Crippen LogP contribution in [0, 0.1) is 0 Å². The molecule has 9 heteroatoms. The molecule has 0 fully saturated rings. The third kappa shape index (κ3) is 2.86. The molecule has 2 aromatic heterocycles. The summed E-state index contributed by atoms with van der Waals surface area (Å²) in [5.41, 5.74) is 7.99. The van der Waals surface area contributed by atoms with E-state index in [1.165, 1.54) is 4.68 Å². The number of hydrogen-bond donors (Lipinski definition) is 1. The van der Waals surface area contributed by atoms with Crippen LogP contribution < -0.4 is 10.5 Å². The number of hydrogen-bond acceptors (Lipinski definition) is 7. The number of anilines is 1. The highest BCUT2D eigenvalue weighted by molar-refractivity contribution is 6.30. The fourth-order valence-corrected chi connectivity index (χ4v) is 2.52. The molecule has 8 nitrogen and oxygen atoms in total. The van der Waals surface area contributed by atoms with Gasteiger partial charge in [-0.3, -0.25) is 0 Å². The summed E-state index contributed by atoms with van der Waals surface area (Å²) in [6.45, 7) is 0. The SMILES string of the molecule is COc1ccc(-n2nnc(-c3nc(-c4ccc(Cl)cc4)no3)c2N)cc1. The fraction of sp³-hybridized carbons (Fsp3) is 0.0588. The van der Waals surface area contributed by atoms with E-state index in [9.17, 15) is 0 Å². The lowest BCUT2D eigenvalue weighted by atomic mass is 10.2. The molecule has 2 N–H and O–H groups in total. The van der Waals surface area contributed by atoms with E-state index in [-0.39, 0.29) is 5.89 Å². The number of methoxy groups -OCH3 is 1. The van der Waals surface area contributed by atoms with Crippen LogP contribution in [0.3, 0.4) is 0 Å². The van der Waals surface area contributed by atoms with Gasteiger partial charge in [-0.25, -0.2) is 0 Å². The van der Waals surface area contributed by atoms with Crippen LogP contribution in [0.15, 0.2) is 53.1 Å². The van der Waals surface area contributed by atoms with Crippen molar-refractivity contribution in [3.05, 3.63) is 53.6 Å². The minimum Gasteiger partial charge on any atom is -0.497 e. The molecule has 0 bridgehead atoms. The lowest BCUT2D eigenvalue weighted by Crippen LogP contribution is -2.02. The first-order valence-electron chi connectivity index (χ1n) is 7.61. The van der Waals surface area contributed by atoms with Gasteiger partial charge in [-0.05, 0) is 48.5 Å². The van der Waals surface area contributed by atoms with Crippen molar-refractivity contribution in [2.24, 2.45) is 0 Å². The van der Waals surface area contributed by atoms with E-state index in [1.807, 2.05) is 24.3 Å². The topological polar surface area (TPSA) is 105 Å². The molecule has 0 saturated carbocycles. The zero-order valence-corrected chi connectivity index (χ0v) is 14.4. The smallest absolute Gasteiger partial charge is 0.282 e.